The topological polar surface area (TPSA) is 241 Å². The van der Waals surface area contributed by atoms with Crippen LogP contribution in [0.4, 0.5) is 30.6 Å². The highest BCUT2D eigenvalue weighted by Crippen LogP contribution is 2.36. The van der Waals surface area contributed by atoms with Crippen molar-refractivity contribution in [2.45, 2.75) is 82.8 Å². The van der Waals surface area contributed by atoms with E-state index in [1.807, 2.05) is 39.8 Å². The number of nitrogen functional groups attached to an aromatic ring is 2. The van der Waals surface area contributed by atoms with Crippen LogP contribution in [0.3, 0.4) is 0 Å². The number of nitrogens with zero attached hydrogens (tertiary/aromatic N) is 7. The molecule has 9 rings (SSSR count). The second-order valence-corrected chi connectivity index (χ2v) is 20.4. The predicted octanol–water partition coefficient (Wildman–Crippen LogP) is 10.1. The molecule has 1 saturated heterocycles. The molecule has 3 amide bonds. The zero-order valence-corrected chi connectivity index (χ0v) is 47.6. The molecule has 3 aromatic heterocycles. The molecule has 1 fully saturated rings. The summed E-state index contributed by atoms with van der Waals surface area (Å²) in [5, 5.41) is 21.9. The Labute approximate surface area is 478 Å². The van der Waals surface area contributed by atoms with Gasteiger partial charge in [-0.25, -0.2) is 42.9 Å². The molecule has 0 aliphatic carbocycles. The van der Waals surface area contributed by atoms with Crippen LogP contribution in [0.2, 0.25) is 15.1 Å². The third-order valence-corrected chi connectivity index (χ3v) is 13.7. The van der Waals surface area contributed by atoms with Gasteiger partial charge >= 0.3 is 13.1 Å². The Kier molecular flexibility index (Phi) is 22.9. The van der Waals surface area contributed by atoms with Gasteiger partial charge in [0.05, 0.1) is 26.3 Å². The summed E-state index contributed by atoms with van der Waals surface area (Å²) in [7, 11) is 2.60. The van der Waals surface area contributed by atoms with Crippen LogP contribution in [-0.4, -0.2) is 97.6 Å². The fourth-order valence-corrected chi connectivity index (χ4v) is 7.62. The number of nitrogens with one attached hydrogen (secondary N) is 1. The number of hydrogen-bond donors (Lipinski definition) is 4. The first-order valence-corrected chi connectivity index (χ1v) is 26.3. The van der Waals surface area contributed by atoms with E-state index in [1.54, 1.807) is 73.2 Å². The van der Waals surface area contributed by atoms with E-state index in [2.05, 4.69) is 46.4 Å². The van der Waals surface area contributed by atoms with Crippen molar-refractivity contribution in [2.75, 3.05) is 30.9 Å². The molecule has 25 heteroatoms. The number of amides is 3. The molecule has 0 unspecified atom stereocenters. The number of hydrazone groups is 2. The standard InChI is InChI=1S/C18H16ClFN4O2.C12H10ClFN2.C11H17BN2O2.C7H5BrClF.C6H8N2O3/c1-24-17(25)7-5-15(23-24)18(26)22-16-6-3-12(10-21-16)8-11-2-4-13(19)14(20)9-11;13-10-3-1-8(6-11(10)14)5-9-2-4-12(15)16-7-9;1-10(2)11(3,4)16-12(15-10)8-5-6-9(13)14-7-8;8-4-5-1-2-6(9)7(10)3-5;1-8-5(9)3-2-4(7-8)6(10)11/h2-4,6,9-10H,5,7-8H2,1H3,(H,21,22,26);1-4,6-7H,5H2,(H2,15,16);5-7H,1-4H3,(H2,13,14);1-3H,4H2;2-3H2,1H3,(H,10,11). The minimum Gasteiger partial charge on any atom is -0.477 e. The number of rotatable bonds is 9. The number of aliphatic carboxylic acids is 1. The van der Waals surface area contributed by atoms with Crippen molar-refractivity contribution in [3.05, 3.63) is 170 Å². The maximum Gasteiger partial charge on any atom is 0.496 e. The van der Waals surface area contributed by atoms with E-state index in [4.69, 9.17) is 60.7 Å². The van der Waals surface area contributed by atoms with Crippen molar-refractivity contribution >= 4 is 116 Å². The smallest absolute Gasteiger partial charge is 0.477 e. The molecule has 6 N–H and O–H groups in total. The average Bonchev–Trinajstić information content (AvgIpc) is 3.65. The first kappa shape index (κ1) is 62.9. The molecule has 17 nitrogen and oxygen atoms in total. The molecule has 6 heterocycles. The maximum absolute atomic E-state index is 13.5. The molecule has 6 aromatic rings. The van der Waals surface area contributed by atoms with E-state index in [1.165, 1.54) is 43.4 Å². The summed E-state index contributed by atoms with van der Waals surface area (Å²) < 4.78 is 51.1. The van der Waals surface area contributed by atoms with E-state index in [9.17, 15) is 32.3 Å². The Morgan fingerprint density at radius 3 is 1.46 bits per heavy atom. The average molecular weight is 1210 g/mol. The molecular weight excluding hydrogens is 1150 g/mol. The largest absolute Gasteiger partial charge is 0.496 e. The SMILES string of the molecule is CC1(C)OB(c2ccc(N)nc2)OC1(C)C.CN1N=C(C(=O)Nc2ccc(Cc3ccc(Cl)c(F)c3)cn2)CCC1=O.CN1N=C(C(=O)O)CCC1=O.Fc1cc(CBr)ccc1Cl.Nc1ccc(Cc2ccc(Cl)c(F)c2)cn1. The number of carbonyl (C=O) groups is 4. The molecular formula is C54H56BBrCl3F3N10O7. The summed E-state index contributed by atoms with van der Waals surface area (Å²) in [6.45, 7) is 8.10. The van der Waals surface area contributed by atoms with Crippen molar-refractivity contribution in [1.29, 1.82) is 0 Å². The van der Waals surface area contributed by atoms with Crippen molar-refractivity contribution in [3.63, 3.8) is 0 Å². The third-order valence-electron chi connectivity index (χ3n) is 12.1. The van der Waals surface area contributed by atoms with Gasteiger partial charge < -0.3 is 31.2 Å². The molecule has 416 valence electrons. The summed E-state index contributed by atoms with van der Waals surface area (Å²) in [4.78, 5) is 56.9. The molecule has 0 saturated carbocycles. The highest BCUT2D eigenvalue weighted by Gasteiger charge is 2.51. The normalized spacial score (nSPS) is 15.1. The molecule has 0 bridgehead atoms. The van der Waals surface area contributed by atoms with Crippen LogP contribution in [0.15, 0.2) is 120 Å². The third kappa shape index (κ3) is 19.1. The number of carboxylic acid groups (broad SMARTS) is 1. The van der Waals surface area contributed by atoms with Crippen LogP contribution >= 0.6 is 50.7 Å². The lowest BCUT2D eigenvalue weighted by atomic mass is 9.80. The number of halogens is 7. The van der Waals surface area contributed by atoms with Gasteiger partial charge in [0.25, 0.3) is 5.91 Å². The van der Waals surface area contributed by atoms with Gasteiger partial charge in [-0.05, 0) is 123 Å². The predicted molar refractivity (Wildman–Crippen MR) is 305 cm³/mol. The van der Waals surface area contributed by atoms with Gasteiger partial charge in [-0.15, -0.1) is 0 Å². The number of carboxylic acids is 1. The summed E-state index contributed by atoms with van der Waals surface area (Å²) >= 11 is 19.9. The second-order valence-electron chi connectivity index (χ2n) is 18.7. The number of pyridine rings is 3. The van der Waals surface area contributed by atoms with E-state index in [0.29, 0.717) is 42.0 Å². The van der Waals surface area contributed by atoms with Crippen molar-refractivity contribution in [1.82, 2.24) is 25.0 Å². The molecule has 79 heavy (non-hydrogen) atoms. The minimum atomic E-state index is -1.05. The fraction of sp³-hybridized carbons (Fsp3) is 0.278. The zero-order valence-electron chi connectivity index (χ0n) is 43.7. The van der Waals surface area contributed by atoms with E-state index in [-0.39, 0.29) is 87.6 Å². The fourth-order valence-electron chi connectivity index (χ4n) is 6.92. The highest BCUT2D eigenvalue weighted by molar-refractivity contribution is 9.08. The van der Waals surface area contributed by atoms with Gasteiger partial charge in [0.15, 0.2) is 0 Å². The molecule has 3 aliphatic rings. The molecule has 3 aliphatic heterocycles. The summed E-state index contributed by atoms with van der Waals surface area (Å²) in [5.74, 6) is -1.57. The van der Waals surface area contributed by atoms with Gasteiger partial charge in [-0.2, -0.15) is 10.2 Å². The van der Waals surface area contributed by atoms with Crippen molar-refractivity contribution in [2.24, 2.45) is 10.2 Å². The Morgan fingerprint density at radius 2 is 1.05 bits per heavy atom. The molecule has 0 atom stereocenters. The first-order valence-electron chi connectivity index (χ1n) is 24.1. The van der Waals surface area contributed by atoms with Crippen molar-refractivity contribution < 1.29 is 46.8 Å². The van der Waals surface area contributed by atoms with E-state index < -0.39 is 17.6 Å². The van der Waals surface area contributed by atoms with Crippen LogP contribution in [-0.2, 0) is 46.7 Å². The van der Waals surface area contributed by atoms with Gasteiger partial charge in [0.2, 0.25) is 11.8 Å². The van der Waals surface area contributed by atoms with Crippen molar-refractivity contribution in [3.8, 4) is 0 Å². The van der Waals surface area contributed by atoms with Gasteiger partial charge in [0, 0.05) is 69.2 Å². The number of carbonyl (C=O) groups excluding carboxylic acids is 3. The summed E-state index contributed by atoms with van der Waals surface area (Å²) in [6.07, 6.45) is 7.12. The number of aromatic nitrogens is 3. The zero-order chi connectivity index (χ0) is 58.2. The van der Waals surface area contributed by atoms with E-state index in [0.717, 1.165) is 38.3 Å². The minimum absolute atomic E-state index is 0.0482. The summed E-state index contributed by atoms with van der Waals surface area (Å²) in [6, 6.07) is 24.9. The van der Waals surface area contributed by atoms with Gasteiger partial charge in [-0.1, -0.05) is 87.1 Å². The number of hydrogen-bond acceptors (Lipinski definition) is 13. The number of nitrogens with two attached hydrogens (primary N) is 2. The summed E-state index contributed by atoms with van der Waals surface area (Å²) in [5.41, 5.74) is 16.0. The first-order chi connectivity index (χ1) is 37.2. The molecule has 0 radical (unpaired) electrons. The second kappa shape index (κ2) is 28.8. The van der Waals surface area contributed by atoms with Crippen LogP contribution in [0.5, 0.6) is 0 Å². The number of anilines is 3. The Morgan fingerprint density at radius 1 is 0.633 bits per heavy atom. The van der Waals surface area contributed by atoms with Crippen LogP contribution in [0.1, 0.15) is 81.2 Å². The van der Waals surface area contributed by atoms with Crippen LogP contribution in [0, 0.1) is 17.5 Å². The molecule has 3 aromatic carbocycles. The lowest BCUT2D eigenvalue weighted by Crippen LogP contribution is -2.41. The highest BCUT2D eigenvalue weighted by atomic mass is 79.9. The maximum atomic E-state index is 13.5. The number of benzene rings is 3. The van der Waals surface area contributed by atoms with Crippen LogP contribution < -0.4 is 22.2 Å². The Balaban J connectivity index is 0.000000190. The van der Waals surface area contributed by atoms with Gasteiger partial charge in [0.1, 0.15) is 46.3 Å². The monoisotopic (exact) mass is 1210 g/mol. The van der Waals surface area contributed by atoms with E-state index >= 15 is 0 Å². The Bertz CT molecular complexity index is 3170. The quantitative estimate of drug-likeness (QED) is 0.0781. The lowest BCUT2D eigenvalue weighted by Gasteiger charge is -2.32. The van der Waals surface area contributed by atoms with Crippen LogP contribution in [0.25, 0.3) is 0 Å². The van der Waals surface area contributed by atoms with Gasteiger partial charge in [-0.3, -0.25) is 14.4 Å². The number of alkyl halides is 1. The Hall–Kier alpha value is -6.95. The lowest BCUT2D eigenvalue weighted by molar-refractivity contribution is -0.132. The molecule has 0 spiro atoms.